The Morgan fingerprint density at radius 2 is 2.16 bits per heavy atom. The Morgan fingerprint density at radius 3 is 2.79 bits per heavy atom. The van der Waals surface area contributed by atoms with Gasteiger partial charge in [0.2, 0.25) is 0 Å². The maximum absolute atomic E-state index is 13.2. The topological polar surface area (TPSA) is 55.4 Å². The van der Waals surface area contributed by atoms with E-state index in [0.717, 1.165) is 6.07 Å². The molecule has 0 aliphatic heterocycles. The lowest BCUT2D eigenvalue weighted by molar-refractivity contribution is -0.143. The number of benzene rings is 1. The van der Waals surface area contributed by atoms with Gasteiger partial charge in [-0.3, -0.25) is 9.59 Å². The third kappa shape index (κ3) is 5.38. The molecule has 0 aromatic heterocycles. The average Bonchev–Trinajstić information content (AvgIpc) is 2.38. The minimum atomic E-state index is -0.487. The molecule has 1 N–H and O–H groups in total. The van der Waals surface area contributed by atoms with Crippen LogP contribution in [0, 0.1) is 5.82 Å². The molecule has 6 heteroatoms. The molecule has 0 unspecified atom stereocenters. The van der Waals surface area contributed by atoms with Crippen LogP contribution in [0.2, 0.25) is 0 Å². The van der Waals surface area contributed by atoms with E-state index in [4.69, 9.17) is 4.74 Å². The predicted molar refractivity (Wildman–Crippen MR) is 72.3 cm³/mol. The molecule has 0 radical (unpaired) electrons. The lowest BCUT2D eigenvalue weighted by Gasteiger charge is -2.06. The van der Waals surface area contributed by atoms with Crippen LogP contribution in [0.4, 0.5) is 4.39 Å². The molecule has 1 aromatic rings. The van der Waals surface area contributed by atoms with Crippen LogP contribution < -0.4 is 5.32 Å². The minimum Gasteiger partial charge on any atom is -0.466 e. The predicted octanol–water partition coefficient (Wildman–Crippen LogP) is 2.66. The second kappa shape index (κ2) is 7.89. The summed E-state index contributed by atoms with van der Waals surface area (Å²) in [4.78, 5) is 22.7. The number of esters is 1. The van der Waals surface area contributed by atoms with Gasteiger partial charge in [-0.15, -0.1) is 0 Å². The highest BCUT2D eigenvalue weighted by atomic mass is 79.9. The number of amides is 1. The second-order valence-corrected chi connectivity index (χ2v) is 4.65. The Bertz CT molecular complexity index is 465. The van der Waals surface area contributed by atoms with Gasteiger partial charge in [0.05, 0.1) is 11.1 Å². The van der Waals surface area contributed by atoms with Gasteiger partial charge >= 0.3 is 5.97 Å². The van der Waals surface area contributed by atoms with E-state index in [1.54, 1.807) is 6.92 Å². The maximum Gasteiger partial charge on any atom is 0.305 e. The summed E-state index contributed by atoms with van der Waals surface area (Å²) in [5.74, 6) is -1.14. The largest absolute Gasteiger partial charge is 0.466 e. The van der Waals surface area contributed by atoms with Crippen LogP contribution in [-0.4, -0.2) is 25.0 Å². The van der Waals surface area contributed by atoms with Gasteiger partial charge in [-0.1, -0.05) is 0 Å². The highest BCUT2D eigenvalue weighted by molar-refractivity contribution is 9.10. The Hall–Kier alpha value is -1.43. The number of hydrogen-bond acceptors (Lipinski definition) is 3. The van der Waals surface area contributed by atoms with E-state index in [2.05, 4.69) is 21.2 Å². The molecule has 0 saturated carbocycles. The fourth-order valence-electron chi connectivity index (χ4n) is 1.41. The zero-order chi connectivity index (χ0) is 14.3. The first-order chi connectivity index (χ1) is 9.04. The van der Waals surface area contributed by atoms with Crippen molar-refractivity contribution in [3.8, 4) is 0 Å². The zero-order valence-corrected chi connectivity index (χ0v) is 12.1. The number of nitrogens with one attached hydrogen (secondary N) is 1. The van der Waals surface area contributed by atoms with Gasteiger partial charge in [-0.25, -0.2) is 4.39 Å². The Balaban J connectivity index is 2.35. The maximum atomic E-state index is 13.2. The first-order valence-electron chi connectivity index (χ1n) is 5.93. The molecule has 0 bridgehead atoms. The average molecular weight is 332 g/mol. The van der Waals surface area contributed by atoms with Crippen LogP contribution in [0.1, 0.15) is 30.1 Å². The molecule has 0 saturated heterocycles. The molecular formula is C13H15BrFNO3. The van der Waals surface area contributed by atoms with Crippen molar-refractivity contribution in [1.82, 2.24) is 5.32 Å². The summed E-state index contributed by atoms with van der Waals surface area (Å²) < 4.78 is 18.3. The van der Waals surface area contributed by atoms with Crippen molar-refractivity contribution in [1.29, 1.82) is 0 Å². The van der Waals surface area contributed by atoms with Gasteiger partial charge in [-0.05, 0) is 47.5 Å². The summed E-state index contributed by atoms with van der Waals surface area (Å²) in [6, 6.07) is 4.15. The van der Waals surface area contributed by atoms with Crippen molar-refractivity contribution in [3.63, 3.8) is 0 Å². The zero-order valence-electron chi connectivity index (χ0n) is 10.5. The van der Waals surface area contributed by atoms with Crippen molar-refractivity contribution in [2.75, 3.05) is 13.2 Å². The number of halogens is 2. The van der Waals surface area contributed by atoms with Crippen LogP contribution in [0.5, 0.6) is 0 Å². The number of ether oxygens (including phenoxy) is 1. The van der Waals surface area contributed by atoms with Gasteiger partial charge in [0, 0.05) is 18.5 Å². The Kier molecular flexibility index (Phi) is 6.49. The van der Waals surface area contributed by atoms with Crippen LogP contribution in [0.3, 0.4) is 0 Å². The minimum absolute atomic E-state index is 0.247. The molecule has 0 fully saturated rings. The van der Waals surface area contributed by atoms with E-state index in [-0.39, 0.29) is 23.9 Å². The van der Waals surface area contributed by atoms with E-state index in [1.165, 1.54) is 12.1 Å². The molecule has 1 aromatic carbocycles. The standard InChI is InChI=1S/C13H15BrFNO3/c1-2-19-12(17)4-3-7-16-13(18)9-5-6-10(14)11(15)8-9/h5-6,8H,2-4,7H2,1H3,(H,16,18). The van der Waals surface area contributed by atoms with Gasteiger partial charge in [-0.2, -0.15) is 0 Å². The number of rotatable bonds is 6. The first kappa shape index (κ1) is 15.6. The Morgan fingerprint density at radius 1 is 1.42 bits per heavy atom. The molecule has 0 aliphatic carbocycles. The summed E-state index contributed by atoms with van der Waals surface area (Å²) in [6.45, 7) is 2.43. The van der Waals surface area contributed by atoms with Crippen LogP contribution in [0.25, 0.3) is 0 Å². The van der Waals surface area contributed by atoms with Crippen molar-refractivity contribution in [2.45, 2.75) is 19.8 Å². The summed E-state index contributed by atoms with van der Waals surface area (Å²) in [7, 11) is 0. The first-order valence-corrected chi connectivity index (χ1v) is 6.72. The van der Waals surface area contributed by atoms with Crippen molar-refractivity contribution >= 4 is 27.8 Å². The van der Waals surface area contributed by atoms with Crippen molar-refractivity contribution < 1.29 is 18.7 Å². The van der Waals surface area contributed by atoms with Crippen molar-refractivity contribution in [3.05, 3.63) is 34.1 Å². The quantitative estimate of drug-likeness (QED) is 0.644. The molecule has 0 aliphatic rings. The van der Waals surface area contributed by atoms with Crippen LogP contribution >= 0.6 is 15.9 Å². The molecule has 104 valence electrons. The lowest BCUT2D eigenvalue weighted by Crippen LogP contribution is -2.25. The van der Waals surface area contributed by atoms with Crippen LogP contribution in [-0.2, 0) is 9.53 Å². The third-order valence-corrected chi connectivity index (χ3v) is 2.97. The highest BCUT2D eigenvalue weighted by Crippen LogP contribution is 2.16. The Labute approximate surface area is 119 Å². The normalized spacial score (nSPS) is 10.1. The van der Waals surface area contributed by atoms with Gasteiger partial charge in [0.1, 0.15) is 5.82 Å². The van der Waals surface area contributed by atoms with Gasteiger partial charge in [0.25, 0.3) is 5.91 Å². The molecule has 4 nitrogen and oxygen atoms in total. The second-order valence-electron chi connectivity index (χ2n) is 3.79. The third-order valence-electron chi connectivity index (χ3n) is 2.33. The number of carbonyl (C=O) groups is 2. The number of hydrogen-bond donors (Lipinski definition) is 1. The monoisotopic (exact) mass is 331 g/mol. The molecule has 0 atom stereocenters. The molecule has 1 rings (SSSR count). The molecular weight excluding hydrogens is 317 g/mol. The summed E-state index contributed by atoms with van der Waals surface area (Å²) >= 11 is 3.01. The SMILES string of the molecule is CCOC(=O)CCCNC(=O)c1ccc(Br)c(F)c1. The fraction of sp³-hybridized carbons (Fsp3) is 0.385. The van der Waals surface area contributed by atoms with E-state index >= 15 is 0 Å². The van der Waals surface area contributed by atoms with Gasteiger partial charge in [0.15, 0.2) is 0 Å². The lowest BCUT2D eigenvalue weighted by atomic mass is 10.2. The summed E-state index contributed by atoms with van der Waals surface area (Å²) in [5, 5.41) is 2.61. The summed E-state index contributed by atoms with van der Waals surface area (Å²) in [6.07, 6.45) is 0.742. The molecule has 19 heavy (non-hydrogen) atoms. The fourth-order valence-corrected chi connectivity index (χ4v) is 1.65. The van der Waals surface area contributed by atoms with E-state index in [1.807, 2.05) is 0 Å². The molecule has 0 spiro atoms. The highest BCUT2D eigenvalue weighted by Gasteiger charge is 2.08. The molecule has 1 amide bonds. The molecule has 0 heterocycles. The van der Waals surface area contributed by atoms with Crippen molar-refractivity contribution in [2.24, 2.45) is 0 Å². The van der Waals surface area contributed by atoms with E-state index < -0.39 is 5.82 Å². The number of carbonyl (C=O) groups excluding carboxylic acids is 2. The van der Waals surface area contributed by atoms with Gasteiger partial charge < -0.3 is 10.1 Å². The summed E-state index contributed by atoms with van der Waals surface area (Å²) in [5.41, 5.74) is 0.247. The van der Waals surface area contributed by atoms with E-state index in [0.29, 0.717) is 24.0 Å². The van der Waals surface area contributed by atoms with E-state index in [9.17, 15) is 14.0 Å². The smallest absolute Gasteiger partial charge is 0.305 e. The van der Waals surface area contributed by atoms with Crippen LogP contribution in [0.15, 0.2) is 22.7 Å².